The second-order valence-electron chi connectivity index (χ2n) is 4.00. The number of carboxylic acids is 1. The first-order chi connectivity index (χ1) is 9.70. The van der Waals surface area contributed by atoms with Gasteiger partial charge < -0.3 is 15.2 Å². The summed E-state index contributed by atoms with van der Waals surface area (Å²) in [6, 6.07) is 3.67. The second-order valence-corrected chi connectivity index (χ2v) is 4.00. The lowest BCUT2D eigenvalue weighted by atomic mass is 10.2. The highest BCUT2D eigenvalue weighted by Crippen LogP contribution is 2.09. The topological polar surface area (TPSA) is 97.2 Å². The summed E-state index contributed by atoms with van der Waals surface area (Å²) >= 11 is 0. The first kappa shape index (κ1) is 13.9. The average Bonchev–Trinajstić information content (AvgIpc) is 2.48. The van der Waals surface area contributed by atoms with E-state index >= 15 is 0 Å². The van der Waals surface area contributed by atoms with E-state index in [0.29, 0.717) is 24.7 Å². The van der Waals surface area contributed by atoms with Crippen molar-refractivity contribution in [2.75, 3.05) is 7.11 Å². The molecule has 2 rings (SSSR count). The Hall–Kier alpha value is -2.54. The van der Waals surface area contributed by atoms with Crippen molar-refractivity contribution in [1.29, 1.82) is 0 Å². The van der Waals surface area contributed by atoms with Crippen molar-refractivity contribution in [2.24, 2.45) is 0 Å². The minimum absolute atomic E-state index is 0.104. The van der Waals surface area contributed by atoms with Crippen LogP contribution in [0.25, 0.3) is 0 Å². The van der Waals surface area contributed by atoms with E-state index in [-0.39, 0.29) is 5.56 Å². The second kappa shape index (κ2) is 6.58. The molecule has 2 aromatic heterocycles. The zero-order valence-corrected chi connectivity index (χ0v) is 10.9. The fourth-order valence-corrected chi connectivity index (χ4v) is 1.67. The van der Waals surface area contributed by atoms with E-state index in [1.807, 2.05) is 12.1 Å². The van der Waals surface area contributed by atoms with Crippen LogP contribution in [-0.2, 0) is 13.1 Å². The van der Waals surface area contributed by atoms with Crippen LogP contribution in [-0.4, -0.2) is 33.1 Å². The molecule has 0 aromatic carbocycles. The van der Waals surface area contributed by atoms with E-state index in [0.717, 1.165) is 5.56 Å². The SMILES string of the molecule is COc1cc(CNCc2ncncc2C(=O)O)ccn1. The molecule has 0 radical (unpaired) electrons. The van der Waals surface area contributed by atoms with Crippen LogP contribution in [0.3, 0.4) is 0 Å². The third-order valence-corrected chi connectivity index (χ3v) is 2.66. The highest BCUT2D eigenvalue weighted by atomic mass is 16.5. The number of hydrogen-bond donors (Lipinski definition) is 2. The van der Waals surface area contributed by atoms with Crippen LogP contribution in [0.4, 0.5) is 0 Å². The van der Waals surface area contributed by atoms with E-state index < -0.39 is 5.97 Å². The molecule has 0 unspecified atom stereocenters. The van der Waals surface area contributed by atoms with Gasteiger partial charge in [0, 0.05) is 31.5 Å². The number of methoxy groups -OCH3 is 1. The van der Waals surface area contributed by atoms with Gasteiger partial charge in [-0.05, 0) is 11.6 Å². The van der Waals surface area contributed by atoms with Crippen molar-refractivity contribution >= 4 is 5.97 Å². The van der Waals surface area contributed by atoms with Gasteiger partial charge in [-0.25, -0.2) is 19.7 Å². The van der Waals surface area contributed by atoms with Gasteiger partial charge in [0.05, 0.1) is 12.8 Å². The van der Waals surface area contributed by atoms with Crippen LogP contribution in [0, 0.1) is 0 Å². The summed E-state index contributed by atoms with van der Waals surface area (Å²) in [6.45, 7) is 0.900. The van der Waals surface area contributed by atoms with Crippen LogP contribution < -0.4 is 10.1 Å². The van der Waals surface area contributed by atoms with Gasteiger partial charge in [-0.2, -0.15) is 0 Å². The summed E-state index contributed by atoms with van der Waals surface area (Å²) < 4.78 is 5.03. The van der Waals surface area contributed by atoms with Crippen LogP contribution in [0.1, 0.15) is 21.6 Å². The number of nitrogens with zero attached hydrogens (tertiary/aromatic N) is 3. The molecule has 0 saturated heterocycles. The van der Waals surface area contributed by atoms with E-state index in [2.05, 4.69) is 20.3 Å². The summed E-state index contributed by atoms with van der Waals surface area (Å²) in [5.41, 5.74) is 1.55. The van der Waals surface area contributed by atoms with Gasteiger partial charge in [-0.3, -0.25) is 0 Å². The minimum Gasteiger partial charge on any atom is -0.481 e. The number of rotatable bonds is 6. The largest absolute Gasteiger partial charge is 0.481 e. The van der Waals surface area contributed by atoms with Crippen LogP contribution >= 0.6 is 0 Å². The lowest BCUT2D eigenvalue weighted by Crippen LogP contribution is -2.17. The average molecular weight is 274 g/mol. The number of carbonyl (C=O) groups is 1. The molecule has 0 atom stereocenters. The first-order valence-corrected chi connectivity index (χ1v) is 5.92. The molecule has 0 amide bonds. The highest BCUT2D eigenvalue weighted by Gasteiger charge is 2.10. The molecule has 7 nitrogen and oxygen atoms in total. The van der Waals surface area contributed by atoms with Gasteiger partial charge in [-0.15, -0.1) is 0 Å². The molecule has 7 heteroatoms. The number of aromatic nitrogens is 3. The molecule has 104 valence electrons. The Morgan fingerprint density at radius 2 is 2.25 bits per heavy atom. The van der Waals surface area contributed by atoms with Crippen molar-refractivity contribution in [3.05, 3.63) is 47.7 Å². The van der Waals surface area contributed by atoms with E-state index in [4.69, 9.17) is 9.84 Å². The molecular weight excluding hydrogens is 260 g/mol. The van der Waals surface area contributed by atoms with Gasteiger partial charge in [0.1, 0.15) is 11.9 Å². The Labute approximate surface area is 115 Å². The maximum absolute atomic E-state index is 11.0. The fraction of sp³-hybridized carbons (Fsp3) is 0.231. The quantitative estimate of drug-likeness (QED) is 0.806. The van der Waals surface area contributed by atoms with Crippen molar-refractivity contribution < 1.29 is 14.6 Å². The number of nitrogens with one attached hydrogen (secondary N) is 1. The minimum atomic E-state index is -1.03. The Morgan fingerprint density at radius 1 is 1.40 bits per heavy atom. The Balaban J connectivity index is 1.97. The molecule has 0 spiro atoms. The fourth-order valence-electron chi connectivity index (χ4n) is 1.67. The van der Waals surface area contributed by atoms with Gasteiger partial charge in [0.25, 0.3) is 0 Å². The van der Waals surface area contributed by atoms with Gasteiger partial charge in [0.15, 0.2) is 0 Å². The van der Waals surface area contributed by atoms with Crippen molar-refractivity contribution in [1.82, 2.24) is 20.3 Å². The molecule has 0 aliphatic heterocycles. The molecule has 0 aliphatic carbocycles. The van der Waals surface area contributed by atoms with Gasteiger partial charge >= 0.3 is 5.97 Å². The molecular formula is C13H14N4O3. The van der Waals surface area contributed by atoms with Crippen molar-refractivity contribution in [2.45, 2.75) is 13.1 Å². The first-order valence-electron chi connectivity index (χ1n) is 5.92. The van der Waals surface area contributed by atoms with Gasteiger partial charge in [-0.1, -0.05) is 0 Å². The smallest absolute Gasteiger partial charge is 0.339 e. The lowest BCUT2D eigenvalue weighted by Gasteiger charge is -2.07. The standard InChI is InChI=1S/C13H14N4O3/c1-20-12-4-9(2-3-16-12)5-14-7-11-10(13(18)19)6-15-8-17-11/h2-4,6,8,14H,5,7H2,1H3,(H,18,19). The third kappa shape index (κ3) is 3.48. The monoisotopic (exact) mass is 274 g/mol. The molecule has 0 saturated carbocycles. The van der Waals surface area contributed by atoms with E-state index in [1.54, 1.807) is 13.3 Å². The summed E-state index contributed by atoms with van der Waals surface area (Å²) in [6.07, 6.45) is 4.28. The summed E-state index contributed by atoms with van der Waals surface area (Å²) in [5.74, 6) is -0.495. The maximum atomic E-state index is 11.0. The molecule has 0 fully saturated rings. The molecule has 2 heterocycles. The number of pyridine rings is 1. The predicted octanol–water partition coefficient (Wildman–Crippen LogP) is 0.868. The van der Waals surface area contributed by atoms with Crippen LogP contribution in [0.5, 0.6) is 5.88 Å². The normalized spacial score (nSPS) is 10.2. The maximum Gasteiger partial charge on any atom is 0.339 e. The number of ether oxygens (including phenoxy) is 1. The number of hydrogen-bond acceptors (Lipinski definition) is 6. The third-order valence-electron chi connectivity index (χ3n) is 2.66. The number of carboxylic acid groups (broad SMARTS) is 1. The molecule has 0 bridgehead atoms. The number of aromatic carboxylic acids is 1. The summed E-state index contributed by atoms with van der Waals surface area (Å²) in [4.78, 5) is 22.7. The Kier molecular flexibility index (Phi) is 4.56. The Bertz CT molecular complexity index is 604. The summed E-state index contributed by atoms with van der Waals surface area (Å²) in [7, 11) is 1.56. The van der Waals surface area contributed by atoms with Crippen molar-refractivity contribution in [3.8, 4) is 5.88 Å². The molecule has 2 N–H and O–H groups in total. The van der Waals surface area contributed by atoms with E-state index in [9.17, 15) is 4.79 Å². The van der Waals surface area contributed by atoms with Crippen LogP contribution in [0.15, 0.2) is 30.9 Å². The van der Waals surface area contributed by atoms with Crippen molar-refractivity contribution in [3.63, 3.8) is 0 Å². The van der Waals surface area contributed by atoms with Gasteiger partial charge in [0.2, 0.25) is 5.88 Å². The summed E-state index contributed by atoms with van der Waals surface area (Å²) in [5, 5.41) is 12.1. The predicted molar refractivity (Wildman–Crippen MR) is 70.3 cm³/mol. The zero-order chi connectivity index (χ0) is 14.4. The van der Waals surface area contributed by atoms with E-state index in [1.165, 1.54) is 12.5 Å². The molecule has 20 heavy (non-hydrogen) atoms. The highest BCUT2D eigenvalue weighted by molar-refractivity contribution is 5.88. The van der Waals surface area contributed by atoms with Crippen LogP contribution in [0.2, 0.25) is 0 Å². The molecule has 0 aliphatic rings. The Morgan fingerprint density at radius 3 is 3.00 bits per heavy atom. The molecule has 2 aromatic rings. The lowest BCUT2D eigenvalue weighted by molar-refractivity contribution is 0.0694. The zero-order valence-electron chi connectivity index (χ0n) is 10.9.